The van der Waals surface area contributed by atoms with Crippen molar-refractivity contribution in [1.29, 1.82) is 0 Å². The topological polar surface area (TPSA) is 96.0 Å². The number of carbonyl (C=O) groups excluding carboxylic acids is 2. The smallest absolute Gasteiger partial charge is 0.264 e. The lowest BCUT2D eigenvalue weighted by Crippen LogP contribution is -2.53. The number of hydrogen-bond donors (Lipinski definition) is 1. The van der Waals surface area contributed by atoms with Crippen LogP contribution >= 0.6 is 15.9 Å². The van der Waals surface area contributed by atoms with E-state index in [9.17, 15) is 18.0 Å². The number of anilines is 1. The number of halogens is 1. The molecule has 4 aromatic carbocycles. The fourth-order valence-electron chi connectivity index (χ4n) is 4.96. The molecular weight excluding hydrogens is 654 g/mol. The zero-order valence-electron chi connectivity index (χ0n) is 25.4. The van der Waals surface area contributed by atoms with Gasteiger partial charge in [0.25, 0.3) is 10.0 Å². The number of sulfonamides is 1. The molecule has 0 saturated heterocycles. The molecule has 0 radical (unpaired) electrons. The molecular formula is C35H38BrN3O5S. The van der Waals surface area contributed by atoms with Crippen molar-refractivity contribution < 1.29 is 22.7 Å². The van der Waals surface area contributed by atoms with Crippen LogP contribution in [-0.4, -0.2) is 51.4 Å². The fraction of sp³-hybridized carbons (Fsp3) is 0.257. The number of unbranched alkanes of at least 4 members (excludes halogenated alkanes) is 1. The first-order valence-electron chi connectivity index (χ1n) is 14.8. The van der Waals surface area contributed by atoms with Gasteiger partial charge in [0.15, 0.2) is 0 Å². The third-order valence-electron chi connectivity index (χ3n) is 7.31. The van der Waals surface area contributed by atoms with Gasteiger partial charge in [-0.3, -0.25) is 13.9 Å². The lowest BCUT2D eigenvalue weighted by molar-refractivity contribution is -0.140. The van der Waals surface area contributed by atoms with Gasteiger partial charge >= 0.3 is 0 Å². The van der Waals surface area contributed by atoms with Crippen LogP contribution in [0, 0.1) is 0 Å². The summed E-state index contributed by atoms with van der Waals surface area (Å²) in [6.07, 6.45) is 1.94. The molecule has 0 bridgehead atoms. The van der Waals surface area contributed by atoms with E-state index >= 15 is 0 Å². The van der Waals surface area contributed by atoms with Gasteiger partial charge < -0.3 is 15.0 Å². The Labute approximate surface area is 274 Å². The van der Waals surface area contributed by atoms with E-state index in [1.165, 1.54) is 24.1 Å². The van der Waals surface area contributed by atoms with E-state index in [2.05, 4.69) is 21.2 Å². The van der Waals surface area contributed by atoms with Gasteiger partial charge in [0.05, 0.1) is 17.7 Å². The summed E-state index contributed by atoms with van der Waals surface area (Å²) in [6.45, 7) is 2.03. The Morgan fingerprint density at radius 1 is 0.867 bits per heavy atom. The van der Waals surface area contributed by atoms with E-state index in [4.69, 9.17) is 4.74 Å². The van der Waals surface area contributed by atoms with E-state index in [0.717, 1.165) is 32.7 Å². The molecule has 10 heteroatoms. The van der Waals surface area contributed by atoms with Crippen molar-refractivity contribution in [3.05, 3.63) is 125 Å². The number of amides is 2. The number of carbonyl (C=O) groups is 2. The average molecular weight is 693 g/mol. The highest BCUT2D eigenvalue weighted by atomic mass is 79.9. The molecule has 0 aliphatic heterocycles. The molecule has 4 aromatic rings. The Morgan fingerprint density at radius 2 is 1.51 bits per heavy atom. The van der Waals surface area contributed by atoms with Crippen molar-refractivity contribution in [1.82, 2.24) is 10.2 Å². The number of hydrogen-bond acceptors (Lipinski definition) is 5. The van der Waals surface area contributed by atoms with E-state index in [-0.39, 0.29) is 29.5 Å². The van der Waals surface area contributed by atoms with Crippen molar-refractivity contribution >= 4 is 43.5 Å². The number of ether oxygens (including phenoxy) is 1. The van der Waals surface area contributed by atoms with Crippen LogP contribution in [0.15, 0.2) is 119 Å². The van der Waals surface area contributed by atoms with E-state index in [1.807, 2.05) is 61.5 Å². The van der Waals surface area contributed by atoms with Gasteiger partial charge in [0.2, 0.25) is 11.8 Å². The molecule has 8 nitrogen and oxygen atoms in total. The molecule has 2 amide bonds. The molecule has 0 unspecified atom stereocenters. The van der Waals surface area contributed by atoms with Crippen molar-refractivity contribution in [3.63, 3.8) is 0 Å². The Balaban J connectivity index is 1.81. The van der Waals surface area contributed by atoms with Gasteiger partial charge in [-0.05, 0) is 53.9 Å². The van der Waals surface area contributed by atoms with Gasteiger partial charge in [-0.25, -0.2) is 8.42 Å². The first-order valence-corrected chi connectivity index (χ1v) is 17.0. The summed E-state index contributed by atoms with van der Waals surface area (Å²) in [7, 11) is -2.77. The van der Waals surface area contributed by atoms with Crippen LogP contribution in [0.2, 0.25) is 0 Å². The zero-order valence-corrected chi connectivity index (χ0v) is 27.8. The Morgan fingerprint density at radius 3 is 2.18 bits per heavy atom. The van der Waals surface area contributed by atoms with Gasteiger partial charge in [0, 0.05) is 24.0 Å². The third-order valence-corrected chi connectivity index (χ3v) is 9.57. The molecule has 45 heavy (non-hydrogen) atoms. The molecule has 0 spiro atoms. The van der Waals surface area contributed by atoms with E-state index < -0.39 is 28.5 Å². The Bertz CT molecular complexity index is 1670. The molecule has 0 aromatic heterocycles. The first kappa shape index (κ1) is 33.7. The molecule has 0 heterocycles. The summed E-state index contributed by atoms with van der Waals surface area (Å²) in [5.41, 5.74) is 1.87. The third kappa shape index (κ3) is 8.95. The van der Waals surface area contributed by atoms with Crippen molar-refractivity contribution in [3.8, 4) is 5.75 Å². The molecule has 0 fully saturated rings. The summed E-state index contributed by atoms with van der Waals surface area (Å²) in [6, 6.07) is 30.7. The molecule has 0 aliphatic rings. The first-order chi connectivity index (χ1) is 21.7. The van der Waals surface area contributed by atoms with Gasteiger partial charge in [-0.2, -0.15) is 0 Å². The van der Waals surface area contributed by atoms with Crippen LogP contribution in [0.25, 0.3) is 0 Å². The van der Waals surface area contributed by atoms with Crippen LogP contribution < -0.4 is 14.4 Å². The maximum absolute atomic E-state index is 14.5. The Hall–Kier alpha value is -4.15. The molecule has 236 valence electrons. The van der Waals surface area contributed by atoms with Crippen LogP contribution in [0.5, 0.6) is 5.75 Å². The summed E-state index contributed by atoms with van der Waals surface area (Å²) >= 11 is 3.51. The van der Waals surface area contributed by atoms with Crippen molar-refractivity contribution in [2.45, 2.75) is 43.7 Å². The lowest BCUT2D eigenvalue weighted by Gasteiger charge is -2.34. The SMILES string of the molecule is CCCCNC(=O)[C@H](Cc1ccccc1)N(Cc1cccc(Br)c1)C(=O)CN(c1ccccc1OC)S(=O)(=O)c1ccccc1. The fourth-order valence-corrected chi connectivity index (χ4v) is 6.85. The molecule has 0 aliphatic carbocycles. The number of nitrogens with zero attached hydrogens (tertiary/aromatic N) is 2. The zero-order chi connectivity index (χ0) is 32.2. The van der Waals surface area contributed by atoms with Crippen LogP contribution in [0.3, 0.4) is 0 Å². The quantitative estimate of drug-likeness (QED) is 0.150. The Kier molecular flexibility index (Phi) is 12.2. The van der Waals surface area contributed by atoms with E-state index in [0.29, 0.717) is 12.3 Å². The summed E-state index contributed by atoms with van der Waals surface area (Å²) in [5, 5.41) is 3.00. The van der Waals surface area contributed by atoms with Crippen LogP contribution in [0.4, 0.5) is 5.69 Å². The second-order valence-corrected chi connectivity index (χ2v) is 13.3. The van der Waals surface area contributed by atoms with Crippen LogP contribution in [0.1, 0.15) is 30.9 Å². The summed E-state index contributed by atoms with van der Waals surface area (Å²) in [4.78, 5) is 29.9. The second-order valence-electron chi connectivity index (χ2n) is 10.5. The minimum atomic E-state index is -4.22. The number of nitrogens with one attached hydrogen (secondary N) is 1. The van der Waals surface area contributed by atoms with Crippen molar-refractivity contribution in [2.24, 2.45) is 0 Å². The van der Waals surface area contributed by atoms with E-state index in [1.54, 1.807) is 42.5 Å². The maximum Gasteiger partial charge on any atom is 0.264 e. The van der Waals surface area contributed by atoms with Gasteiger partial charge in [0.1, 0.15) is 18.3 Å². The standard InChI is InChI=1S/C35H38BrN3O5S/c1-3-4-22-37-35(41)32(24-27-14-7-5-8-15-27)38(25-28-16-13-17-29(36)23-28)34(40)26-39(31-20-11-12-21-33(31)44-2)45(42,43)30-18-9-6-10-19-30/h5-21,23,32H,3-4,22,24-26H2,1-2H3,(H,37,41)/t32-/m0/s1. The molecule has 1 N–H and O–H groups in total. The molecule has 0 saturated carbocycles. The number of methoxy groups -OCH3 is 1. The average Bonchev–Trinajstić information content (AvgIpc) is 3.06. The molecule has 4 rings (SSSR count). The monoisotopic (exact) mass is 691 g/mol. The highest BCUT2D eigenvalue weighted by Gasteiger charge is 2.35. The minimum absolute atomic E-state index is 0.0281. The van der Waals surface area contributed by atoms with Crippen molar-refractivity contribution in [2.75, 3.05) is 24.5 Å². The van der Waals surface area contributed by atoms with Gasteiger partial charge in [-0.15, -0.1) is 0 Å². The normalized spacial score (nSPS) is 11.8. The summed E-state index contributed by atoms with van der Waals surface area (Å²) < 4.78 is 35.7. The number of para-hydroxylation sites is 2. The largest absolute Gasteiger partial charge is 0.495 e. The highest BCUT2D eigenvalue weighted by molar-refractivity contribution is 9.10. The highest BCUT2D eigenvalue weighted by Crippen LogP contribution is 2.32. The lowest BCUT2D eigenvalue weighted by atomic mass is 10.0. The predicted molar refractivity (Wildman–Crippen MR) is 181 cm³/mol. The maximum atomic E-state index is 14.5. The summed E-state index contributed by atoms with van der Waals surface area (Å²) in [5.74, 6) is -0.543. The number of benzene rings is 4. The number of rotatable bonds is 15. The van der Waals surface area contributed by atoms with Gasteiger partial charge in [-0.1, -0.05) is 102 Å². The van der Waals surface area contributed by atoms with Crippen LogP contribution in [-0.2, 0) is 32.6 Å². The predicted octanol–water partition coefficient (Wildman–Crippen LogP) is 6.21. The second kappa shape index (κ2) is 16.2. The minimum Gasteiger partial charge on any atom is -0.495 e. The molecule has 1 atom stereocenters.